The number of carbonyl (C=O) groups excluding carboxylic acids is 1. The van der Waals surface area contributed by atoms with Gasteiger partial charge >= 0.3 is 0 Å². The number of non-ortho nitro benzene ring substituents is 1. The molecule has 138 valence electrons. The fourth-order valence-corrected chi connectivity index (χ4v) is 3.89. The van der Waals surface area contributed by atoms with Crippen molar-refractivity contribution < 1.29 is 18.1 Å². The Morgan fingerprint density at radius 1 is 1.40 bits per heavy atom. The first-order valence-electron chi connectivity index (χ1n) is 7.91. The topological polar surface area (TPSA) is 113 Å². The van der Waals surface area contributed by atoms with Gasteiger partial charge in [0.2, 0.25) is 15.9 Å². The van der Waals surface area contributed by atoms with Gasteiger partial charge in [-0.05, 0) is 26.0 Å². The standard InChI is InChI=1S/C15H22N4O5S/c1-16-12-6-8-18(9-7-12)15(20)11-17(2)25(23,24)14-5-3-4-13(10-14)19(21)22/h3-5,10,12,16H,6-9,11H2,1-2H3. The number of amides is 1. The van der Waals surface area contributed by atoms with Crippen LogP contribution < -0.4 is 5.32 Å². The van der Waals surface area contributed by atoms with Gasteiger partial charge in [-0.2, -0.15) is 4.31 Å². The van der Waals surface area contributed by atoms with Crippen molar-refractivity contribution in [1.29, 1.82) is 0 Å². The molecular weight excluding hydrogens is 348 g/mol. The van der Waals surface area contributed by atoms with Crippen LogP contribution in [0.25, 0.3) is 0 Å². The van der Waals surface area contributed by atoms with Gasteiger partial charge in [0.25, 0.3) is 5.69 Å². The van der Waals surface area contributed by atoms with E-state index in [1.807, 2.05) is 7.05 Å². The molecule has 0 unspecified atom stereocenters. The van der Waals surface area contributed by atoms with E-state index in [0.717, 1.165) is 23.2 Å². The van der Waals surface area contributed by atoms with Crippen LogP contribution in [0.4, 0.5) is 5.69 Å². The second kappa shape index (κ2) is 7.89. The second-order valence-corrected chi connectivity index (χ2v) is 8.00. The van der Waals surface area contributed by atoms with Gasteiger partial charge in [0.1, 0.15) is 0 Å². The Hall–Kier alpha value is -2.04. The summed E-state index contributed by atoms with van der Waals surface area (Å²) in [5, 5.41) is 14.0. The summed E-state index contributed by atoms with van der Waals surface area (Å²) in [6, 6.07) is 5.17. The third kappa shape index (κ3) is 4.53. The molecule has 0 aromatic heterocycles. The van der Waals surface area contributed by atoms with Gasteiger partial charge in [-0.3, -0.25) is 14.9 Å². The Labute approximate surface area is 146 Å². The minimum atomic E-state index is -3.98. The first-order chi connectivity index (χ1) is 11.8. The van der Waals surface area contributed by atoms with Gasteiger partial charge in [0.05, 0.1) is 16.4 Å². The molecular formula is C15H22N4O5S. The van der Waals surface area contributed by atoms with Crippen LogP contribution in [-0.2, 0) is 14.8 Å². The van der Waals surface area contributed by atoms with Crippen molar-refractivity contribution in [1.82, 2.24) is 14.5 Å². The summed E-state index contributed by atoms with van der Waals surface area (Å²) in [6.07, 6.45) is 1.65. The van der Waals surface area contributed by atoms with E-state index in [9.17, 15) is 23.3 Å². The molecule has 9 nitrogen and oxygen atoms in total. The largest absolute Gasteiger partial charge is 0.341 e. The van der Waals surface area contributed by atoms with Gasteiger partial charge in [-0.15, -0.1) is 0 Å². The summed E-state index contributed by atoms with van der Waals surface area (Å²) < 4.78 is 26.0. The molecule has 2 rings (SSSR count). The second-order valence-electron chi connectivity index (χ2n) is 5.96. The fourth-order valence-electron chi connectivity index (χ4n) is 2.73. The number of likely N-dealkylation sites (N-methyl/N-ethyl adjacent to an activating group) is 1. The maximum atomic E-state index is 12.5. The zero-order chi connectivity index (χ0) is 18.6. The van der Waals surface area contributed by atoms with Gasteiger partial charge in [-0.1, -0.05) is 6.07 Å². The molecule has 1 heterocycles. The van der Waals surface area contributed by atoms with Crippen molar-refractivity contribution in [2.24, 2.45) is 0 Å². The molecule has 0 atom stereocenters. The van der Waals surface area contributed by atoms with Crippen LogP contribution in [0, 0.1) is 10.1 Å². The maximum absolute atomic E-state index is 12.5. The summed E-state index contributed by atoms with van der Waals surface area (Å²) in [6.45, 7) is 0.860. The summed E-state index contributed by atoms with van der Waals surface area (Å²) in [4.78, 5) is 24.0. The number of benzene rings is 1. The smallest absolute Gasteiger partial charge is 0.270 e. The van der Waals surface area contributed by atoms with E-state index in [2.05, 4.69) is 5.32 Å². The number of hydrogen-bond donors (Lipinski definition) is 1. The Morgan fingerprint density at radius 2 is 2.04 bits per heavy atom. The molecule has 1 N–H and O–H groups in total. The lowest BCUT2D eigenvalue weighted by Crippen LogP contribution is -2.47. The highest BCUT2D eigenvalue weighted by molar-refractivity contribution is 7.89. The van der Waals surface area contributed by atoms with Crippen LogP contribution in [0.15, 0.2) is 29.2 Å². The number of piperidine rings is 1. The van der Waals surface area contributed by atoms with E-state index in [1.165, 1.54) is 25.2 Å². The number of likely N-dealkylation sites (tertiary alicyclic amines) is 1. The molecule has 0 spiro atoms. The molecule has 1 aliphatic heterocycles. The highest BCUT2D eigenvalue weighted by Crippen LogP contribution is 2.20. The number of nitro groups is 1. The van der Waals surface area contributed by atoms with Crippen LogP contribution >= 0.6 is 0 Å². The molecule has 0 bridgehead atoms. The summed E-state index contributed by atoms with van der Waals surface area (Å²) in [5.41, 5.74) is -0.310. The van der Waals surface area contributed by atoms with Crippen molar-refractivity contribution in [2.45, 2.75) is 23.8 Å². The minimum absolute atomic E-state index is 0.203. The number of rotatable bonds is 6. The molecule has 1 saturated heterocycles. The zero-order valence-electron chi connectivity index (χ0n) is 14.2. The number of sulfonamides is 1. The molecule has 1 aromatic carbocycles. The number of nitrogens with one attached hydrogen (secondary N) is 1. The quantitative estimate of drug-likeness (QED) is 0.574. The molecule has 10 heteroatoms. The highest BCUT2D eigenvalue weighted by Gasteiger charge is 2.28. The lowest BCUT2D eigenvalue weighted by Gasteiger charge is -2.32. The van der Waals surface area contributed by atoms with Crippen molar-refractivity contribution >= 4 is 21.6 Å². The third-order valence-electron chi connectivity index (χ3n) is 4.35. The van der Waals surface area contributed by atoms with E-state index >= 15 is 0 Å². The summed E-state index contributed by atoms with van der Waals surface area (Å²) in [5.74, 6) is -0.272. The van der Waals surface area contributed by atoms with E-state index in [4.69, 9.17) is 0 Å². The maximum Gasteiger partial charge on any atom is 0.270 e. The van der Waals surface area contributed by atoms with Crippen molar-refractivity contribution in [3.8, 4) is 0 Å². The molecule has 0 radical (unpaired) electrons. The lowest BCUT2D eigenvalue weighted by atomic mass is 10.1. The molecule has 0 aliphatic carbocycles. The molecule has 1 aromatic rings. The van der Waals surface area contributed by atoms with Gasteiger partial charge < -0.3 is 10.2 Å². The summed E-state index contributed by atoms with van der Waals surface area (Å²) in [7, 11) is -0.801. The number of nitro benzene ring substituents is 1. The molecule has 0 saturated carbocycles. The van der Waals surface area contributed by atoms with Crippen molar-refractivity contribution in [2.75, 3.05) is 33.7 Å². The summed E-state index contributed by atoms with van der Waals surface area (Å²) >= 11 is 0. The van der Waals surface area contributed by atoms with Crippen LogP contribution in [0.3, 0.4) is 0 Å². The minimum Gasteiger partial charge on any atom is -0.341 e. The number of nitrogens with zero attached hydrogens (tertiary/aromatic N) is 3. The zero-order valence-corrected chi connectivity index (χ0v) is 15.0. The van der Waals surface area contributed by atoms with Gasteiger partial charge in [-0.25, -0.2) is 8.42 Å². The first-order valence-corrected chi connectivity index (χ1v) is 9.35. The average molecular weight is 370 g/mol. The Balaban J connectivity index is 2.06. The van der Waals surface area contributed by atoms with Crippen LogP contribution in [0.5, 0.6) is 0 Å². The predicted molar refractivity (Wildman–Crippen MR) is 91.6 cm³/mol. The van der Waals surface area contributed by atoms with E-state index < -0.39 is 14.9 Å². The third-order valence-corrected chi connectivity index (χ3v) is 6.15. The lowest BCUT2D eigenvalue weighted by molar-refractivity contribution is -0.385. The predicted octanol–water partition coefficient (Wildman–Crippen LogP) is 0.426. The van der Waals surface area contributed by atoms with Crippen molar-refractivity contribution in [3.63, 3.8) is 0 Å². The Kier molecular flexibility index (Phi) is 6.09. The molecule has 1 amide bonds. The van der Waals surface area contributed by atoms with Gasteiger partial charge in [0.15, 0.2) is 0 Å². The average Bonchev–Trinajstić information content (AvgIpc) is 2.61. The van der Waals surface area contributed by atoms with Crippen LogP contribution in [0.2, 0.25) is 0 Å². The number of hydrogen-bond acceptors (Lipinski definition) is 6. The SMILES string of the molecule is CNC1CCN(C(=O)CN(C)S(=O)(=O)c2cccc([N+](=O)[O-])c2)CC1. The van der Waals surface area contributed by atoms with E-state index in [1.54, 1.807) is 4.90 Å². The molecule has 1 aliphatic rings. The highest BCUT2D eigenvalue weighted by atomic mass is 32.2. The van der Waals surface area contributed by atoms with Crippen molar-refractivity contribution in [3.05, 3.63) is 34.4 Å². The molecule has 1 fully saturated rings. The Bertz CT molecular complexity index is 744. The van der Waals surface area contributed by atoms with E-state index in [0.29, 0.717) is 19.1 Å². The van der Waals surface area contributed by atoms with Crippen LogP contribution in [-0.4, -0.2) is 68.2 Å². The number of carbonyl (C=O) groups is 1. The molecule has 25 heavy (non-hydrogen) atoms. The van der Waals surface area contributed by atoms with Crippen LogP contribution in [0.1, 0.15) is 12.8 Å². The van der Waals surface area contributed by atoms with Gasteiger partial charge in [0, 0.05) is 38.3 Å². The fraction of sp³-hybridized carbons (Fsp3) is 0.533. The van der Waals surface area contributed by atoms with E-state index in [-0.39, 0.29) is 23.0 Å². The Morgan fingerprint density at radius 3 is 2.60 bits per heavy atom. The first kappa shape index (κ1) is 19.3. The monoisotopic (exact) mass is 370 g/mol. The normalized spacial score (nSPS) is 16.2.